The number of carbonyl (C=O) groups is 2. The molecule has 26 heavy (non-hydrogen) atoms. The maximum Gasteiger partial charge on any atom is 0.241 e. The minimum atomic E-state index is -3.88. The van der Waals surface area contributed by atoms with Crippen LogP contribution in [0.3, 0.4) is 0 Å². The number of sulfonamides is 1. The van der Waals surface area contributed by atoms with Gasteiger partial charge in [-0.25, -0.2) is 17.5 Å². The van der Waals surface area contributed by atoms with Gasteiger partial charge < -0.3 is 10.6 Å². The van der Waals surface area contributed by atoms with Gasteiger partial charge in [-0.2, -0.15) is 0 Å². The standard InChI is InChI=1S/C17H16FN3O4S/c18-13-3-1-11(2-4-13)9-19-17(23)10-20-26(24,25)14-5-6-15-12(7-14)8-16(22)21-15/h1-7,20H,8-10H2,(H,19,23)(H,21,22). The summed E-state index contributed by atoms with van der Waals surface area (Å²) in [5, 5.41) is 5.17. The van der Waals surface area contributed by atoms with Crippen molar-refractivity contribution in [2.75, 3.05) is 11.9 Å². The average Bonchev–Trinajstić information content (AvgIpc) is 2.98. The zero-order valence-electron chi connectivity index (χ0n) is 13.6. The molecule has 7 nitrogen and oxygen atoms in total. The van der Waals surface area contributed by atoms with Gasteiger partial charge in [-0.3, -0.25) is 9.59 Å². The molecule has 0 fully saturated rings. The maximum absolute atomic E-state index is 12.8. The van der Waals surface area contributed by atoms with E-state index in [4.69, 9.17) is 0 Å². The van der Waals surface area contributed by atoms with Crippen molar-refractivity contribution < 1.29 is 22.4 Å². The highest BCUT2D eigenvalue weighted by Gasteiger charge is 2.22. The van der Waals surface area contributed by atoms with Crippen LogP contribution in [-0.4, -0.2) is 26.8 Å². The fraction of sp³-hybridized carbons (Fsp3) is 0.176. The average molecular weight is 377 g/mol. The molecule has 0 radical (unpaired) electrons. The number of benzene rings is 2. The Balaban J connectivity index is 1.56. The van der Waals surface area contributed by atoms with Crippen LogP contribution in [0.5, 0.6) is 0 Å². The van der Waals surface area contributed by atoms with Gasteiger partial charge >= 0.3 is 0 Å². The number of carbonyl (C=O) groups excluding carboxylic acids is 2. The van der Waals surface area contributed by atoms with Crippen LogP contribution in [0.4, 0.5) is 10.1 Å². The summed E-state index contributed by atoms with van der Waals surface area (Å²) in [5.41, 5.74) is 1.88. The number of rotatable bonds is 6. The molecule has 0 saturated heterocycles. The van der Waals surface area contributed by atoms with Crippen LogP contribution in [-0.2, 0) is 32.6 Å². The van der Waals surface area contributed by atoms with Gasteiger partial charge in [-0.05, 0) is 41.5 Å². The molecule has 1 aliphatic rings. The lowest BCUT2D eigenvalue weighted by Gasteiger charge is -2.09. The van der Waals surface area contributed by atoms with E-state index in [1.807, 2.05) is 0 Å². The molecule has 0 unspecified atom stereocenters. The summed E-state index contributed by atoms with van der Waals surface area (Å²) in [6.07, 6.45) is 0.122. The van der Waals surface area contributed by atoms with Crippen LogP contribution in [0.1, 0.15) is 11.1 Å². The third kappa shape index (κ3) is 4.24. The minimum absolute atomic E-state index is 0.0147. The predicted molar refractivity (Wildman–Crippen MR) is 92.2 cm³/mol. The number of anilines is 1. The molecule has 3 N–H and O–H groups in total. The molecule has 2 amide bonds. The van der Waals surface area contributed by atoms with Crippen LogP contribution < -0.4 is 15.4 Å². The molecule has 2 aromatic carbocycles. The van der Waals surface area contributed by atoms with E-state index in [0.29, 0.717) is 16.8 Å². The lowest BCUT2D eigenvalue weighted by molar-refractivity contribution is -0.120. The third-order valence-electron chi connectivity index (χ3n) is 3.84. The first-order valence-electron chi connectivity index (χ1n) is 7.77. The van der Waals surface area contributed by atoms with E-state index in [2.05, 4.69) is 15.4 Å². The molecule has 0 atom stereocenters. The first-order chi connectivity index (χ1) is 12.3. The fourth-order valence-electron chi connectivity index (χ4n) is 2.48. The van der Waals surface area contributed by atoms with Gasteiger partial charge in [-0.1, -0.05) is 12.1 Å². The summed E-state index contributed by atoms with van der Waals surface area (Å²) in [5.74, 6) is -1.09. The molecule has 1 aliphatic heterocycles. The lowest BCUT2D eigenvalue weighted by atomic mass is 10.2. The Morgan fingerprint density at radius 3 is 2.62 bits per heavy atom. The molecule has 0 aromatic heterocycles. The largest absolute Gasteiger partial charge is 0.351 e. The van der Waals surface area contributed by atoms with Crippen LogP contribution in [0.25, 0.3) is 0 Å². The van der Waals surface area contributed by atoms with Crippen LogP contribution >= 0.6 is 0 Å². The highest BCUT2D eigenvalue weighted by molar-refractivity contribution is 7.89. The van der Waals surface area contributed by atoms with Gasteiger partial charge in [0.05, 0.1) is 17.9 Å². The second-order valence-corrected chi connectivity index (χ2v) is 7.54. The Bertz CT molecular complexity index is 958. The first kappa shape index (κ1) is 18.0. The van der Waals surface area contributed by atoms with Gasteiger partial charge in [-0.15, -0.1) is 0 Å². The summed E-state index contributed by atoms with van der Waals surface area (Å²) in [6.45, 7) is -0.273. The van der Waals surface area contributed by atoms with Crippen molar-refractivity contribution in [2.24, 2.45) is 0 Å². The van der Waals surface area contributed by atoms with E-state index >= 15 is 0 Å². The molecule has 0 spiro atoms. The van der Waals surface area contributed by atoms with Crippen molar-refractivity contribution >= 4 is 27.5 Å². The zero-order valence-corrected chi connectivity index (χ0v) is 14.4. The van der Waals surface area contributed by atoms with E-state index in [9.17, 15) is 22.4 Å². The predicted octanol–water partition coefficient (Wildman–Crippen LogP) is 0.915. The maximum atomic E-state index is 12.8. The molecule has 0 saturated carbocycles. The Morgan fingerprint density at radius 1 is 1.15 bits per heavy atom. The second-order valence-electron chi connectivity index (χ2n) is 5.77. The quantitative estimate of drug-likeness (QED) is 0.696. The summed E-state index contributed by atoms with van der Waals surface area (Å²) < 4.78 is 39.6. The van der Waals surface area contributed by atoms with Crippen molar-refractivity contribution in [2.45, 2.75) is 17.9 Å². The van der Waals surface area contributed by atoms with Gasteiger partial charge in [0.1, 0.15) is 5.82 Å². The minimum Gasteiger partial charge on any atom is -0.351 e. The van der Waals surface area contributed by atoms with Gasteiger partial charge in [0.2, 0.25) is 21.8 Å². The molecule has 1 heterocycles. The Kier molecular flexibility index (Phi) is 5.01. The fourth-order valence-corrected chi connectivity index (χ4v) is 3.51. The zero-order chi connectivity index (χ0) is 18.7. The van der Waals surface area contributed by atoms with Crippen LogP contribution in [0, 0.1) is 5.82 Å². The van der Waals surface area contributed by atoms with Crippen LogP contribution in [0.15, 0.2) is 47.4 Å². The van der Waals surface area contributed by atoms with E-state index in [-0.39, 0.29) is 29.6 Å². The molecule has 9 heteroatoms. The number of halogens is 1. The summed E-state index contributed by atoms with van der Waals surface area (Å²) in [4.78, 5) is 23.1. The van der Waals surface area contributed by atoms with Crippen molar-refractivity contribution in [1.29, 1.82) is 0 Å². The van der Waals surface area contributed by atoms with Crippen molar-refractivity contribution in [3.05, 3.63) is 59.4 Å². The normalized spacial score (nSPS) is 13.2. The number of hydrogen-bond donors (Lipinski definition) is 3. The summed E-state index contributed by atoms with van der Waals surface area (Å²) in [7, 11) is -3.88. The number of hydrogen-bond acceptors (Lipinski definition) is 4. The van der Waals surface area contributed by atoms with Gasteiger partial charge in [0.25, 0.3) is 0 Å². The van der Waals surface area contributed by atoms with E-state index in [1.54, 1.807) is 0 Å². The lowest BCUT2D eigenvalue weighted by Crippen LogP contribution is -2.36. The van der Waals surface area contributed by atoms with Crippen LogP contribution in [0.2, 0.25) is 0 Å². The first-order valence-corrected chi connectivity index (χ1v) is 9.25. The number of nitrogens with one attached hydrogen (secondary N) is 3. The smallest absolute Gasteiger partial charge is 0.241 e. The molecule has 3 rings (SSSR count). The van der Waals surface area contributed by atoms with E-state index < -0.39 is 22.5 Å². The Labute approximate surface area is 149 Å². The summed E-state index contributed by atoms with van der Waals surface area (Å²) >= 11 is 0. The second kappa shape index (κ2) is 7.22. The highest BCUT2D eigenvalue weighted by Crippen LogP contribution is 2.25. The topological polar surface area (TPSA) is 104 Å². The van der Waals surface area contributed by atoms with Crippen molar-refractivity contribution in [3.8, 4) is 0 Å². The van der Waals surface area contributed by atoms with Gasteiger partial charge in [0, 0.05) is 12.2 Å². The molecule has 136 valence electrons. The Morgan fingerprint density at radius 2 is 1.88 bits per heavy atom. The van der Waals surface area contributed by atoms with Crippen molar-refractivity contribution in [3.63, 3.8) is 0 Å². The van der Waals surface area contributed by atoms with E-state index in [1.165, 1.54) is 42.5 Å². The highest BCUT2D eigenvalue weighted by atomic mass is 32.2. The summed E-state index contributed by atoms with van der Waals surface area (Å²) in [6, 6.07) is 9.90. The van der Waals surface area contributed by atoms with Gasteiger partial charge in [0.15, 0.2) is 0 Å². The molecular weight excluding hydrogens is 361 g/mol. The monoisotopic (exact) mass is 377 g/mol. The molecular formula is C17H16FN3O4S. The third-order valence-corrected chi connectivity index (χ3v) is 5.24. The molecule has 0 aliphatic carbocycles. The Hall–Kier alpha value is -2.78. The number of amides is 2. The SMILES string of the molecule is O=C(CNS(=O)(=O)c1ccc2c(c1)CC(=O)N2)NCc1ccc(F)cc1. The molecule has 0 bridgehead atoms. The van der Waals surface area contributed by atoms with E-state index in [0.717, 1.165) is 0 Å². The number of fused-ring (bicyclic) bond motifs is 1. The van der Waals surface area contributed by atoms with Crippen molar-refractivity contribution in [1.82, 2.24) is 10.0 Å². The molecule has 2 aromatic rings.